The van der Waals surface area contributed by atoms with E-state index < -0.39 is 0 Å². The fourth-order valence-corrected chi connectivity index (χ4v) is 3.30. The van der Waals surface area contributed by atoms with Crippen LogP contribution in [0.5, 0.6) is 0 Å². The van der Waals surface area contributed by atoms with Crippen molar-refractivity contribution in [1.82, 2.24) is 24.4 Å². The van der Waals surface area contributed by atoms with Gasteiger partial charge >= 0.3 is 0 Å². The number of anilines is 1. The maximum Gasteiger partial charge on any atom is 0.225 e. The van der Waals surface area contributed by atoms with Crippen molar-refractivity contribution in [3.05, 3.63) is 36.7 Å². The number of piperazine rings is 1. The molecule has 1 fully saturated rings. The molecule has 2 N–H and O–H groups in total. The van der Waals surface area contributed by atoms with E-state index in [0.717, 1.165) is 57.3 Å². The van der Waals surface area contributed by atoms with Gasteiger partial charge < -0.3 is 20.1 Å². The number of guanidine groups is 1. The van der Waals surface area contributed by atoms with Crippen LogP contribution in [0.1, 0.15) is 12.2 Å². The summed E-state index contributed by atoms with van der Waals surface area (Å²) < 4.78 is 2.20. The highest BCUT2D eigenvalue weighted by molar-refractivity contribution is 5.78. The minimum Gasteiger partial charge on any atom is -0.370 e. The number of nitrogens with zero attached hydrogens (tertiary/aromatic N) is 7. The molecule has 4 heterocycles. The van der Waals surface area contributed by atoms with E-state index in [1.54, 1.807) is 12.4 Å². The van der Waals surface area contributed by atoms with Crippen molar-refractivity contribution < 1.29 is 0 Å². The number of rotatable bonds is 2. The minimum absolute atomic E-state index is 0.232. The lowest BCUT2D eigenvalue weighted by Crippen LogP contribution is -2.52. The molecular weight excluding hydrogens is 304 g/mol. The van der Waals surface area contributed by atoms with Gasteiger partial charge in [0, 0.05) is 63.9 Å². The number of aliphatic imine (C=N–C) groups is 1. The Kier molecular flexibility index (Phi) is 4.02. The van der Waals surface area contributed by atoms with Crippen LogP contribution in [0.3, 0.4) is 0 Å². The number of nitrogens with two attached hydrogens (primary N) is 1. The molecule has 0 aromatic carbocycles. The van der Waals surface area contributed by atoms with E-state index in [9.17, 15) is 0 Å². The molecule has 0 saturated carbocycles. The third-order valence-electron chi connectivity index (χ3n) is 4.68. The average molecular weight is 326 g/mol. The second-order valence-electron chi connectivity index (χ2n) is 6.19. The zero-order valence-corrected chi connectivity index (χ0v) is 13.6. The minimum atomic E-state index is 0.232. The molecule has 2 aliphatic heterocycles. The number of hydrogen-bond acceptors (Lipinski definition) is 5. The molecule has 2 aromatic heterocycles. The maximum atomic E-state index is 6.26. The van der Waals surface area contributed by atoms with Gasteiger partial charge in [-0.25, -0.2) is 19.9 Å². The van der Waals surface area contributed by atoms with Crippen LogP contribution in [0.2, 0.25) is 0 Å². The number of fused-ring (bicyclic) bond motifs is 1. The number of aromatic nitrogens is 4. The van der Waals surface area contributed by atoms with Crippen LogP contribution in [-0.2, 0) is 13.0 Å². The standard InChI is InChI=1S/C16H22N8/c17-15(21-13-2-6-22-7-5-18-14(22)12-13)23-8-10-24(11-9-23)16-19-3-1-4-20-16/h1,3-5,7,13H,2,6,8-12H2,(H2,17,21). The van der Waals surface area contributed by atoms with Crippen LogP contribution in [-0.4, -0.2) is 62.6 Å². The van der Waals surface area contributed by atoms with Crippen molar-refractivity contribution in [3.8, 4) is 0 Å². The number of aryl methyl sites for hydroxylation is 1. The van der Waals surface area contributed by atoms with E-state index in [4.69, 9.17) is 10.7 Å². The summed E-state index contributed by atoms with van der Waals surface area (Å²) in [5.74, 6) is 2.54. The first-order valence-corrected chi connectivity index (χ1v) is 8.40. The first-order valence-electron chi connectivity index (χ1n) is 8.40. The van der Waals surface area contributed by atoms with Gasteiger partial charge in [0.25, 0.3) is 0 Å². The highest BCUT2D eigenvalue weighted by Gasteiger charge is 2.23. The first-order chi connectivity index (χ1) is 11.8. The van der Waals surface area contributed by atoms with Crippen LogP contribution in [0.25, 0.3) is 0 Å². The molecule has 0 aliphatic carbocycles. The molecular formula is C16H22N8. The predicted molar refractivity (Wildman–Crippen MR) is 91.8 cm³/mol. The SMILES string of the molecule is NC(=NC1CCn2ccnc2C1)N1CCN(c2ncccn2)CC1. The van der Waals surface area contributed by atoms with Crippen LogP contribution in [0.15, 0.2) is 35.8 Å². The molecule has 1 unspecified atom stereocenters. The Morgan fingerprint density at radius 3 is 2.62 bits per heavy atom. The van der Waals surface area contributed by atoms with Gasteiger partial charge in [-0.05, 0) is 12.5 Å². The molecule has 8 heteroatoms. The van der Waals surface area contributed by atoms with Gasteiger partial charge in [-0.3, -0.25) is 0 Å². The zero-order valence-electron chi connectivity index (χ0n) is 13.6. The van der Waals surface area contributed by atoms with Crippen molar-refractivity contribution >= 4 is 11.9 Å². The molecule has 0 spiro atoms. The van der Waals surface area contributed by atoms with Gasteiger partial charge in [0.1, 0.15) is 5.82 Å². The van der Waals surface area contributed by atoms with Gasteiger partial charge in [0.15, 0.2) is 5.96 Å². The van der Waals surface area contributed by atoms with Gasteiger partial charge in [-0.15, -0.1) is 0 Å². The lowest BCUT2D eigenvalue weighted by Gasteiger charge is -2.35. The van der Waals surface area contributed by atoms with E-state index >= 15 is 0 Å². The van der Waals surface area contributed by atoms with Crippen molar-refractivity contribution in [2.45, 2.75) is 25.4 Å². The summed E-state index contributed by atoms with van der Waals surface area (Å²) in [7, 11) is 0. The third kappa shape index (κ3) is 3.04. The maximum absolute atomic E-state index is 6.26. The second kappa shape index (κ2) is 6.46. The summed E-state index contributed by atoms with van der Waals surface area (Å²) in [4.78, 5) is 22.1. The Bertz CT molecular complexity index is 702. The molecule has 126 valence electrons. The molecule has 24 heavy (non-hydrogen) atoms. The number of hydrogen-bond donors (Lipinski definition) is 1. The first kappa shape index (κ1) is 14.9. The Hall–Kier alpha value is -2.64. The van der Waals surface area contributed by atoms with Crippen molar-refractivity contribution in [2.75, 3.05) is 31.1 Å². The van der Waals surface area contributed by atoms with E-state index in [-0.39, 0.29) is 6.04 Å². The smallest absolute Gasteiger partial charge is 0.225 e. The van der Waals surface area contributed by atoms with E-state index in [2.05, 4.69) is 29.3 Å². The van der Waals surface area contributed by atoms with Crippen molar-refractivity contribution in [3.63, 3.8) is 0 Å². The van der Waals surface area contributed by atoms with Gasteiger partial charge in [-0.2, -0.15) is 0 Å². The van der Waals surface area contributed by atoms with Crippen molar-refractivity contribution in [2.24, 2.45) is 10.7 Å². The lowest BCUT2D eigenvalue weighted by atomic mass is 10.1. The molecule has 2 aliphatic rings. The Morgan fingerprint density at radius 1 is 1.04 bits per heavy atom. The summed E-state index contributed by atoms with van der Waals surface area (Å²) in [6.45, 7) is 4.37. The highest BCUT2D eigenvalue weighted by Crippen LogP contribution is 2.16. The summed E-state index contributed by atoms with van der Waals surface area (Å²) in [5, 5.41) is 0. The normalized spacial score (nSPS) is 21.7. The highest BCUT2D eigenvalue weighted by atomic mass is 15.4. The second-order valence-corrected chi connectivity index (χ2v) is 6.19. The zero-order chi connectivity index (χ0) is 16.4. The van der Waals surface area contributed by atoms with Gasteiger partial charge in [0.05, 0.1) is 6.04 Å². The summed E-state index contributed by atoms with van der Waals surface area (Å²) >= 11 is 0. The number of imidazole rings is 1. The van der Waals surface area contributed by atoms with Crippen LogP contribution in [0, 0.1) is 0 Å². The molecule has 2 aromatic rings. The molecule has 0 radical (unpaired) electrons. The van der Waals surface area contributed by atoms with E-state index in [0.29, 0.717) is 5.96 Å². The largest absolute Gasteiger partial charge is 0.370 e. The monoisotopic (exact) mass is 326 g/mol. The quantitative estimate of drug-likeness (QED) is 0.623. The van der Waals surface area contributed by atoms with Gasteiger partial charge in [0.2, 0.25) is 5.95 Å². The molecule has 0 bridgehead atoms. The topological polar surface area (TPSA) is 88.5 Å². The fraction of sp³-hybridized carbons (Fsp3) is 0.500. The Morgan fingerprint density at radius 2 is 1.83 bits per heavy atom. The summed E-state index contributed by atoms with van der Waals surface area (Å²) in [6.07, 6.45) is 9.32. The Labute approximate surface area is 141 Å². The fourth-order valence-electron chi connectivity index (χ4n) is 3.30. The third-order valence-corrected chi connectivity index (χ3v) is 4.68. The van der Waals surface area contributed by atoms with Crippen molar-refractivity contribution in [1.29, 1.82) is 0 Å². The van der Waals surface area contributed by atoms with Crippen LogP contribution < -0.4 is 10.6 Å². The molecule has 0 amide bonds. The predicted octanol–water partition coefficient (Wildman–Crippen LogP) is 0.125. The molecule has 1 saturated heterocycles. The van der Waals surface area contributed by atoms with E-state index in [1.807, 2.05) is 18.5 Å². The van der Waals surface area contributed by atoms with E-state index in [1.165, 1.54) is 0 Å². The Balaban J connectivity index is 1.35. The van der Waals surface area contributed by atoms with Crippen LogP contribution >= 0.6 is 0 Å². The summed E-state index contributed by atoms with van der Waals surface area (Å²) in [5.41, 5.74) is 6.26. The molecule has 8 nitrogen and oxygen atoms in total. The average Bonchev–Trinajstić information content (AvgIpc) is 3.10. The molecule has 1 atom stereocenters. The van der Waals surface area contributed by atoms with Gasteiger partial charge in [-0.1, -0.05) is 0 Å². The lowest BCUT2D eigenvalue weighted by molar-refractivity contribution is 0.372. The van der Waals surface area contributed by atoms with Crippen LogP contribution in [0.4, 0.5) is 5.95 Å². The molecule has 4 rings (SSSR count). The summed E-state index contributed by atoms with van der Waals surface area (Å²) in [6, 6.07) is 2.07.